The number of fused-ring (bicyclic) bond motifs is 1. The van der Waals surface area contributed by atoms with E-state index in [9.17, 15) is 9.59 Å². The Morgan fingerprint density at radius 2 is 2.03 bits per heavy atom. The van der Waals surface area contributed by atoms with Crippen LogP contribution in [0.5, 0.6) is 0 Å². The van der Waals surface area contributed by atoms with Gasteiger partial charge in [-0.15, -0.1) is 0 Å². The van der Waals surface area contributed by atoms with Crippen LogP contribution in [-0.4, -0.2) is 50.7 Å². The Morgan fingerprint density at radius 1 is 1.25 bits per heavy atom. The number of aromatic nitrogens is 3. The van der Waals surface area contributed by atoms with Crippen LogP contribution >= 0.6 is 0 Å². The number of hydrogen-bond donors (Lipinski definition) is 0. The number of rotatable bonds is 5. The van der Waals surface area contributed by atoms with Gasteiger partial charge in [-0.2, -0.15) is 5.10 Å². The Bertz CT molecular complexity index is 1160. The molecule has 3 aromatic heterocycles. The van der Waals surface area contributed by atoms with Gasteiger partial charge in [0.05, 0.1) is 22.8 Å². The average Bonchev–Trinajstić information content (AvgIpc) is 3.33. The van der Waals surface area contributed by atoms with Crippen molar-refractivity contribution in [2.45, 2.75) is 66.0 Å². The lowest BCUT2D eigenvalue weighted by atomic mass is 10.0. The van der Waals surface area contributed by atoms with Crippen LogP contribution < -0.4 is 0 Å². The fourth-order valence-electron chi connectivity index (χ4n) is 4.34. The summed E-state index contributed by atoms with van der Waals surface area (Å²) in [6.45, 7) is 10.2. The number of ether oxygens (including phenoxy) is 1. The van der Waals surface area contributed by atoms with Crippen molar-refractivity contribution < 1.29 is 18.7 Å². The molecule has 1 unspecified atom stereocenters. The first kappa shape index (κ1) is 22.0. The zero-order valence-electron chi connectivity index (χ0n) is 19.3. The molecule has 4 heterocycles. The minimum absolute atomic E-state index is 0.0634. The molecule has 1 amide bonds. The fraction of sp³-hybridized carbons (Fsp3) is 0.500. The number of nitrogens with zero attached hydrogens (tertiary/aromatic N) is 4. The van der Waals surface area contributed by atoms with Crippen LogP contribution in [0, 0.1) is 13.8 Å². The second-order valence-electron chi connectivity index (χ2n) is 8.81. The number of aryl methyl sites for hydroxylation is 2. The predicted octanol–water partition coefficient (Wildman–Crippen LogP) is 4.45. The third-order valence-corrected chi connectivity index (χ3v) is 6.04. The van der Waals surface area contributed by atoms with E-state index in [1.54, 1.807) is 21.8 Å². The maximum atomic E-state index is 13.1. The van der Waals surface area contributed by atoms with Gasteiger partial charge in [0.2, 0.25) is 0 Å². The fourth-order valence-corrected chi connectivity index (χ4v) is 4.34. The number of hydrogen-bond acceptors (Lipinski definition) is 6. The third-order valence-electron chi connectivity index (χ3n) is 6.04. The van der Waals surface area contributed by atoms with E-state index >= 15 is 0 Å². The zero-order chi connectivity index (χ0) is 23.0. The first-order valence-corrected chi connectivity index (χ1v) is 11.2. The molecular weight excluding hydrogens is 408 g/mol. The normalized spacial score (nSPS) is 16.7. The maximum absolute atomic E-state index is 13.1. The molecule has 0 N–H and O–H groups in total. The van der Waals surface area contributed by atoms with Crippen LogP contribution in [0.25, 0.3) is 22.3 Å². The van der Waals surface area contributed by atoms with Crippen molar-refractivity contribution in [2.75, 3.05) is 13.2 Å². The molecule has 1 aliphatic heterocycles. The third kappa shape index (κ3) is 4.13. The summed E-state index contributed by atoms with van der Waals surface area (Å²) in [5.74, 6) is 0.772. The van der Waals surface area contributed by atoms with E-state index in [-0.39, 0.29) is 24.6 Å². The first-order chi connectivity index (χ1) is 15.3. The van der Waals surface area contributed by atoms with Gasteiger partial charge >= 0.3 is 5.97 Å². The average molecular weight is 439 g/mol. The van der Waals surface area contributed by atoms with Gasteiger partial charge in [-0.1, -0.05) is 0 Å². The summed E-state index contributed by atoms with van der Waals surface area (Å²) in [6, 6.07) is 3.83. The lowest BCUT2D eigenvalue weighted by molar-refractivity contribution is -0.137. The van der Waals surface area contributed by atoms with Gasteiger partial charge in [-0.05, 0) is 66.0 Å². The van der Waals surface area contributed by atoms with Gasteiger partial charge in [-0.3, -0.25) is 4.79 Å². The number of amides is 1. The highest BCUT2D eigenvalue weighted by molar-refractivity contribution is 6.04. The molecule has 170 valence electrons. The number of carbonyl (C=O) groups excluding carboxylic acids is 2. The number of likely N-dealkylation sites (tertiary alicyclic amines) is 1. The van der Waals surface area contributed by atoms with Crippen LogP contribution in [0.4, 0.5) is 0 Å². The molecule has 32 heavy (non-hydrogen) atoms. The molecule has 0 radical (unpaired) electrons. The molecule has 1 fully saturated rings. The maximum Gasteiger partial charge on any atom is 0.339 e. The molecule has 1 atom stereocenters. The summed E-state index contributed by atoms with van der Waals surface area (Å²) >= 11 is 0. The van der Waals surface area contributed by atoms with Crippen LogP contribution in [0.2, 0.25) is 0 Å². The molecule has 4 rings (SSSR count). The SMILES string of the molecule is Cc1cc(-c2cc(C(=O)OCC(=O)N3CCCCC3C)c3cnn(C(C)C)c3n2)c(C)o1. The number of furan rings is 1. The summed E-state index contributed by atoms with van der Waals surface area (Å²) in [7, 11) is 0. The monoisotopic (exact) mass is 438 g/mol. The Morgan fingerprint density at radius 3 is 2.69 bits per heavy atom. The van der Waals surface area contributed by atoms with Crippen molar-refractivity contribution in [2.24, 2.45) is 0 Å². The number of esters is 1. The highest BCUT2D eigenvalue weighted by Gasteiger charge is 2.26. The summed E-state index contributed by atoms with van der Waals surface area (Å²) < 4.78 is 12.9. The quantitative estimate of drug-likeness (QED) is 0.547. The predicted molar refractivity (Wildman–Crippen MR) is 120 cm³/mol. The highest BCUT2D eigenvalue weighted by Crippen LogP contribution is 2.30. The Balaban J connectivity index is 1.66. The molecule has 0 aliphatic carbocycles. The van der Waals surface area contributed by atoms with Crippen molar-refractivity contribution in [3.05, 3.63) is 35.4 Å². The molecule has 8 heteroatoms. The van der Waals surface area contributed by atoms with Gasteiger partial charge in [0.1, 0.15) is 11.5 Å². The number of pyridine rings is 1. The van der Waals surface area contributed by atoms with Gasteiger partial charge in [0.25, 0.3) is 5.91 Å². The smallest absolute Gasteiger partial charge is 0.339 e. The zero-order valence-corrected chi connectivity index (χ0v) is 19.3. The van der Waals surface area contributed by atoms with E-state index < -0.39 is 5.97 Å². The summed E-state index contributed by atoms with van der Waals surface area (Å²) in [4.78, 5) is 32.3. The Kier molecular flexibility index (Phi) is 6.04. The molecule has 0 spiro atoms. The Hall–Kier alpha value is -3.16. The van der Waals surface area contributed by atoms with Gasteiger partial charge in [0.15, 0.2) is 12.3 Å². The van der Waals surface area contributed by atoms with Crippen LogP contribution in [0.15, 0.2) is 22.7 Å². The minimum atomic E-state index is -0.558. The van der Waals surface area contributed by atoms with Crippen molar-refractivity contribution in [1.29, 1.82) is 0 Å². The van der Waals surface area contributed by atoms with E-state index in [1.165, 1.54) is 0 Å². The van der Waals surface area contributed by atoms with Crippen LogP contribution in [-0.2, 0) is 9.53 Å². The standard InChI is InChI=1S/C24H30N4O4/c1-14(2)28-23-20(12-25-28)19(11-21(26-23)18-10-16(4)32-17(18)5)24(30)31-13-22(29)27-9-7-6-8-15(27)3/h10-12,14-15H,6-9,13H2,1-5H3. The van der Waals surface area contributed by atoms with E-state index in [2.05, 4.69) is 5.10 Å². The lowest BCUT2D eigenvalue weighted by Crippen LogP contribution is -2.44. The first-order valence-electron chi connectivity index (χ1n) is 11.2. The van der Waals surface area contributed by atoms with E-state index in [4.69, 9.17) is 14.1 Å². The lowest BCUT2D eigenvalue weighted by Gasteiger charge is -2.33. The van der Waals surface area contributed by atoms with Crippen LogP contribution in [0.1, 0.15) is 68.0 Å². The molecule has 1 aliphatic rings. The number of piperidine rings is 1. The van der Waals surface area contributed by atoms with E-state index in [0.717, 1.165) is 36.3 Å². The number of carbonyl (C=O) groups is 2. The molecule has 0 aromatic carbocycles. The van der Waals surface area contributed by atoms with Crippen molar-refractivity contribution >= 4 is 22.9 Å². The second-order valence-corrected chi connectivity index (χ2v) is 8.81. The molecule has 0 bridgehead atoms. The largest absolute Gasteiger partial charge is 0.466 e. The topological polar surface area (TPSA) is 90.5 Å². The molecular formula is C24H30N4O4. The van der Waals surface area contributed by atoms with Gasteiger partial charge < -0.3 is 14.1 Å². The van der Waals surface area contributed by atoms with E-state index in [1.807, 2.05) is 40.7 Å². The van der Waals surface area contributed by atoms with Crippen molar-refractivity contribution in [3.63, 3.8) is 0 Å². The molecule has 1 saturated heterocycles. The van der Waals surface area contributed by atoms with E-state index in [0.29, 0.717) is 28.8 Å². The summed E-state index contributed by atoms with van der Waals surface area (Å²) in [5.41, 5.74) is 2.36. The summed E-state index contributed by atoms with van der Waals surface area (Å²) in [6.07, 6.45) is 4.71. The molecule has 0 saturated carbocycles. The van der Waals surface area contributed by atoms with Crippen molar-refractivity contribution in [3.8, 4) is 11.3 Å². The van der Waals surface area contributed by atoms with Crippen molar-refractivity contribution in [1.82, 2.24) is 19.7 Å². The molecule has 8 nitrogen and oxygen atoms in total. The minimum Gasteiger partial charge on any atom is -0.466 e. The van der Waals surface area contributed by atoms with Gasteiger partial charge in [0, 0.05) is 24.2 Å². The Labute approximate surface area is 187 Å². The second kappa shape index (κ2) is 8.76. The summed E-state index contributed by atoms with van der Waals surface area (Å²) in [5, 5.41) is 5.03. The van der Waals surface area contributed by atoms with Gasteiger partial charge in [-0.25, -0.2) is 14.5 Å². The van der Waals surface area contributed by atoms with Crippen LogP contribution in [0.3, 0.4) is 0 Å². The molecule has 3 aromatic rings. The highest BCUT2D eigenvalue weighted by atomic mass is 16.5.